The number of fused-ring (bicyclic) bond motifs is 4. The van der Waals surface area contributed by atoms with Crippen LogP contribution in [0.1, 0.15) is 0 Å². The van der Waals surface area contributed by atoms with Crippen LogP contribution in [0.4, 0.5) is 11.4 Å². The van der Waals surface area contributed by atoms with Crippen LogP contribution in [-0.4, -0.2) is 9.97 Å². The van der Waals surface area contributed by atoms with Gasteiger partial charge in [0.25, 0.3) is 0 Å². The molecule has 0 bridgehead atoms. The Morgan fingerprint density at radius 1 is 0.396 bits per heavy atom. The summed E-state index contributed by atoms with van der Waals surface area (Å²) in [6, 6.07) is 64.5. The molecule has 0 aliphatic carbocycles. The average molecular weight is 714 g/mol. The third kappa shape index (κ3) is 6.14. The molecule has 0 spiro atoms. The molecule has 8 aromatic carbocycles. The lowest BCUT2D eigenvalue weighted by molar-refractivity contribution is 1.16. The molecular formula is C48H31N3S2. The van der Waals surface area contributed by atoms with E-state index in [0.717, 1.165) is 50.2 Å². The van der Waals surface area contributed by atoms with Crippen LogP contribution in [0.25, 0.3) is 66.6 Å². The number of benzene rings is 8. The maximum atomic E-state index is 5.12. The fourth-order valence-corrected chi connectivity index (χ4v) is 9.32. The first-order valence-corrected chi connectivity index (χ1v) is 19.3. The van der Waals surface area contributed by atoms with Gasteiger partial charge in [0.2, 0.25) is 0 Å². The summed E-state index contributed by atoms with van der Waals surface area (Å²) in [5.41, 5.74) is 10.6. The van der Waals surface area contributed by atoms with E-state index >= 15 is 0 Å². The van der Waals surface area contributed by atoms with E-state index in [2.05, 4.69) is 169 Å². The molecule has 0 saturated heterocycles. The fourth-order valence-electron chi connectivity index (χ4n) is 7.07. The summed E-state index contributed by atoms with van der Waals surface area (Å²) in [4.78, 5) is 15.4. The van der Waals surface area contributed by atoms with Crippen molar-refractivity contribution in [3.05, 3.63) is 182 Å². The first-order chi connectivity index (χ1) is 26.2. The van der Waals surface area contributed by atoms with E-state index < -0.39 is 0 Å². The maximum absolute atomic E-state index is 5.12. The van der Waals surface area contributed by atoms with E-state index in [0.29, 0.717) is 5.82 Å². The summed E-state index contributed by atoms with van der Waals surface area (Å²) in [5.74, 6) is 0.713. The van der Waals surface area contributed by atoms with Gasteiger partial charge < -0.3 is 5.32 Å². The summed E-state index contributed by atoms with van der Waals surface area (Å²) >= 11 is 3.70. The van der Waals surface area contributed by atoms with Crippen molar-refractivity contribution in [2.75, 3.05) is 5.32 Å². The topological polar surface area (TPSA) is 37.8 Å². The quantitative estimate of drug-likeness (QED) is 0.186. The standard InChI is InChI=1S/C48H31N3S2/c1-2-12-31(13-3-1)47-39-20-6-7-21-41(39)50-48(51-47)37-18-10-16-32(26-37)33-17-11-19-38(27-33)49-42-29-35-15-5-4-14-34(35)28-40(42)36-24-25-45-46(30-36)53-44-23-9-8-22-43(44)52-45/h1-30,49H. The number of aromatic nitrogens is 2. The van der Waals surface area contributed by atoms with Gasteiger partial charge in [-0.15, -0.1) is 0 Å². The molecule has 0 fully saturated rings. The molecule has 9 aromatic rings. The Balaban J connectivity index is 1.01. The highest BCUT2D eigenvalue weighted by atomic mass is 32.2. The van der Waals surface area contributed by atoms with E-state index in [1.54, 1.807) is 0 Å². The van der Waals surface area contributed by atoms with Gasteiger partial charge in [0, 0.05) is 53.0 Å². The average Bonchev–Trinajstić information content (AvgIpc) is 3.22. The second kappa shape index (κ2) is 13.4. The van der Waals surface area contributed by atoms with Crippen molar-refractivity contribution in [3.63, 3.8) is 0 Å². The number of hydrogen-bond acceptors (Lipinski definition) is 5. The zero-order valence-electron chi connectivity index (χ0n) is 28.5. The van der Waals surface area contributed by atoms with Gasteiger partial charge in [0.15, 0.2) is 5.82 Å². The SMILES string of the molecule is c1ccc(-c2nc(-c3cccc(-c4cccc(Nc5cc6ccccc6cc5-c5ccc6c(c5)Sc5ccccc5S6)c4)c3)nc3ccccc23)cc1. The van der Waals surface area contributed by atoms with Crippen LogP contribution in [0.5, 0.6) is 0 Å². The lowest BCUT2D eigenvalue weighted by atomic mass is 9.98. The zero-order chi connectivity index (χ0) is 35.1. The van der Waals surface area contributed by atoms with Gasteiger partial charge in [-0.25, -0.2) is 9.97 Å². The highest BCUT2D eigenvalue weighted by molar-refractivity contribution is 8.05. The predicted molar refractivity (Wildman–Crippen MR) is 223 cm³/mol. The monoisotopic (exact) mass is 713 g/mol. The molecule has 2 heterocycles. The lowest BCUT2D eigenvalue weighted by Crippen LogP contribution is -1.96. The number of para-hydroxylation sites is 1. The largest absolute Gasteiger partial charge is 0.355 e. The summed E-state index contributed by atoms with van der Waals surface area (Å²) in [5, 5.41) is 7.29. The van der Waals surface area contributed by atoms with Crippen molar-refractivity contribution in [2.24, 2.45) is 0 Å². The molecule has 1 N–H and O–H groups in total. The smallest absolute Gasteiger partial charge is 0.160 e. The Bertz CT molecular complexity index is 2830. The summed E-state index contributed by atoms with van der Waals surface area (Å²) in [6.45, 7) is 0. The van der Waals surface area contributed by atoms with Crippen LogP contribution in [-0.2, 0) is 0 Å². The van der Waals surface area contributed by atoms with Crippen LogP contribution in [0.2, 0.25) is 0 Å². The van der Waals surface area contributed by atoms with Crippen LogP contribution in [0, 0.1) is 0 Å². The number of nitrogens with one attached hydrogen (secondary N) is 1. The summed E-state index contributed by atoms with van der Waals surface area (Å²) in [7, 11) is 0. The molecule has 1 aliphatic heterocycles. The molecule has 5 heteroatoms. The van der Waals surface area contributed by atoms with E-state index in [1.165, 1.54) is 41.5 Å². The first-order valence-electron chi connectivity index (χ1n) is 17.6. The van der Waals surface area contributed by atoms with Gasteiger partial charge in [-0.3, -0.25) is 0 Å². The van der Waals surface area contributed by atoms with Gasteiger partial charge in [-0.2, -0.15) is 0 Å². The highest BCUT2D eigenvalue weighted by Crippen LogP contribution is 2.50. The van der Waals surface area contributed by atoms with Gasteiger partial charge in [-0.05, 0) is 88.1 Å². The van der Waals surface area contributed by atoms with E-state index in [9.17, 15) is 0 Å². The number of hydrogen-bond donors (Lipinski definition) is 1. The van der Waals surface area contributed by atoms with Crippen molar-refractivity contribution >= 4 is 56.6 Å². The Hall–Kier alpha value is -6.14. The third-order valence-electron chi connectivity index (χ3n) is 9.68. The highest BCUT2D eigenvalue weighted by Gasteiger charge is 2.19. The molecule has 0 amide bonds. The maximum Gasteiger partial charge on any atom is 0.160 e. The molecule has 1 aromatic heterocycles. The van der Waals surface area contributed by atoms with Gasteiger partial charge >= 0.3 is 0 Å². The summed E-state index contributed by atoms with van der Waals surface area (Å²) < 4.78 is 0. The molecule has 1 aliphatic rings. The molecule has 3 nitrogen and oxygen atoms in total. The van der Waals surface area contributed by atoms with Gasteiger partial charge in [0.05, 0.1) is 11.2 Å². The van der Waals surface area contributed by atoms with Crippen molar-refractivity contribution < 1.29 is 0 Å². The van der Waals surface area contributed by atoms with E-state index in [4.69, 9.17) is 9.97 Å². The molecule has 0 atom stereocenters. The third-order valence-corrected chi connectivity index (χ3v) is 12.2. The number of nitrogens with zero attached hydrogens (tertiary/aromatic N) is 2. The fraction of sp³-hybridized carbons (Fsp3) is 0. The van der Waals surface area contributed by atoms with Gasteiger partial charge in [0.1, 0.15) is 0 Å². The van der Waals surface area contributed by atoms with Crippen LogP contribution < -0.4 is 5.32 Å². The minimum Gasteiger partial charge on any atom is -0.355 e. The molecule has 0 unspecified atom stereocenters. The normalized spacial score (nSPS) is 12.0. The van der Waals surface area contributed by atoms with Crippen LogP contribution in [0.3, 0.4) is 0 Å². The molecular weight excluding hydrogens is 683 g/mol. The summed E-state index contributed by atoms with van der Waals surface area (Å²) in [6.07, 6.45) is 0. The van der Waals surface area contributed by atoms with Crippen LogP contribution in [0.15, 0.2) is 202 Å². The molecule has 250 valence electrons. The lowest BCUT2D eigenvalue weighted by Gasteiger charge is -2.20. The first kappa shape index (κ1) is 31.6. The molecule has 0 saturated carbocycles. The molecule has 10 rings (SSSR count). The van der Waals surface area contributed by atoms with Gasteiger partial charge in [-0.1, -0.05) is 145 Å². The number of rotatable bonds is 6. The van der Waals surface area contributed by atoms with Crippen LogP contribution >= 0.6 is 23.5 Å². The van der Waals surface area contributed by atoms with E-state index in [-0.39, 0.29) is 0 Å². The second-order valence-corrected chi connectivity index (χ2v) is 15.3. The van der Waals surface area contributed by atoms with Crippen molar-refractivity contribution in [2.45, 2.75) is 19.6 Å². The van der Waals surface area contributed by atoms with Crippen molar-refractivity contribution in [3.8, 4) is 44.9 Å². The Morgan fingerprint density at radius 2 is 1.04 bits per heavy atom. The van der Waals surface area contributed by atoms with E-state index in [1.807, 2.05) is 41.7 Å². The Kier molecular flexibility index (Phi) is 8.01. The Morgan fingerprint density at radius 3 is 1.89 bits per heavy atom. The minimum atomic E-state index is 0.713. The predicted octanol–water partition coefficient (Wildman–Crippen LogP) is 13.8. The zero-order valence-corrected chi connectivity index (χ0v) is 30.2. The molecule has 53 heavy (non-hydrogen) atoms. The van der Waals surface area contributed by atoms with Crippen molar-refractivity contribution in [1.29, 1.82) is 0 Å². The number of anilines is 2. The molecule has 0 radical (unpaired) electrons. The minimum absolute atomic E-state index is 0.713. The van der Waals surface area contributed by atoms with Crippen molar-refractivity contribution in [1.82, 2.24) is 9.97 Å². The second-order valence-electron chi connectivity index (χ2n) is 13.1. The Labute approximate surface area is 316 Å².